The molecule has 2 saturated carbocycles. The topological polar surface area (TPSA) is 63.6 Å². The highest BCUT2D eigenvalue weighted by molar-refractivity contribution is 5.91. The highest BCUT2D eigenvalue weighted by atomic mass is 16.5. The lowest BCUT2D eigenvalue weighted by Crippen LogP contribution is -2.26. The molecule has 90 valence electrons. The molecule has 2 rings (SSSR count). The standard InChI is InChI=1S/C12H18O4/c1-2-8(13)6-16-12(15)11-7-3-4-9(11)10(14)5-7/h7-9,11,13H,2-6H2,1H3. The van der Waals surface area contributed by atoms with Crippen molar-refractivity contribution in [3.63, 3.8) is 0 Å². The largest absolute Gasteiger partial charge is 0.463 e. The Morgan fingerprint density at radius 3 is 2.81 bits per heavy atom. The zero-order valence-electron chi connectivity index (χ0n) is 9.52. The first-order valence-electron chi connectivity index (χ1n) is 6.01. The predicted molar refractivity (Wildman–Crippen MR) is 56.6 cm³/mol. The Labute approximate surface area is 95.0 Å². The summed E-state index contributed by atoms with van der Waals surface area (Å²) in [6.45, 7) is 1.89. The van der Waals surface area contributed by atoms with Crippen LogP contribution in [0.3, 0.4) is 0 Å². The number of hydrogen-bond donors (Lipinski definition) is 1. The molecule has 2 fully saturated rings. The van der Waals surface area contributed by atoms with Crippen LogP contribution in [0.5, 0.6) is 0 Å². The summed E-state index contributed by atoms with van der Waals surface area (Å²) >= 11 is 0. The Morgan fingerprint density at radius 1 is 1.56 bits per heavy atom. The fraction of sp³-hybridized carbons (Fsp3) is 0.833. The number of aliphatic hydroxyl groups excluding tert-OH is 1. The molecular weight excluding hydrogens is 208 g/mol. The molecule has 0 saturated heterocycles. The molecule has 0 spiro atoms. The van der Waals surface area contributed by atoms with Crippen LogP contribution in [0.2, 0.25) is 0 Å². The van der Waals surface area contributed by atoms with Gasteiger partial charge in [-0.2, -0.15) is 0 Å². The van der Waals surface area contributed by atoms with Gasteiger partial charge in [-0.15, -0.1) is 0 Å². The lowest BCUT2D eigenvalue weighted by atomic mass is 9.98. The minimum Gasteiger partial charge on any atom is -0.463 e. The average molecular weight is 226 g/mol. The first-order valence-corrected chi connectivity index (χ1v) is 6.01. The lowest BCUT2D eigenvalue weighted by molar-refractivity contribution is -0.153. The minimum atomic E-state index is -0.585. The smallest absolute Gasteiger partial charge is 0.310 e. The van der Waals surface area contributed by atoms with E-state index in [-0.39, 0.29) is 36.1 Å². The zero-order valence-corrected chi connectivity index (χ0v) is 9.52. The zero-order chi connectivity index (χ0) is 11.7. The Morgan fingerprint density at radius 2 is 2.31 bits per heavy atom. The summed E-state index contributed by atoms with van der Waals surface area (Å²) in [7, 11) is 0. The number of ether oxygens (including phenoxy) is 1. The molecular formula is C12H18O4. The molecule has 4 nitrogen and oxygen atoms in total. The van der Waals surface area contributed by atoms with E-state index in [1.54, 1.807) is 0 Å². The maximum absolute atomic E-state index is 11.8. The maximum atomic E-state index is 11.8. The van der Waals surface area contributed by atoms with Crippen LogP contribution in [0.15, 0.2) is 0 Å². The van der Waals surface area contributed by atoms with Gasteiger partial charge in [0.2, 0.25) is 0 Å². The van der Waals surface area contributed by atoms with Crippen LogP contribution in [0.25, 0.3) is 0 Å². The van der Waals surface area contributed by atoms with E-state index in [1.807, 2.05) is 6.92 Å². The minimum absolute atomic E-state index is 0.0550. The maximum Gasteiger partial charge on any atom is 0.310 e. The van der Waals surface area contributed by atoms with Gasteiger partial charge in [0, 0.05) is 12.3 Å². The first-order chi connectivity index (χ1) is 7.63. The Kier molecular flexibility index (Phi) is 3.28. The van der Waals surface area contributed by atoms with Crippen molar-refractivity contribution in [2.24, 2.45) is 17.8 Å². The average Bonchev–Trinajstić information content (AvgIpc) is 2.81. The van der Waals surface area contributed by atoms with Crippen LogP contribution in [-0.2, 0) is 14.3 Å². The summed E-state index contributed by atoms with van der Waals surface area (Å²) in [5.74, 6) is -0.198. The number of carbonyl (C=O) groups excluding carboxylic acids is 2. The van der Waals surface area contributed by atoms with Crippen molar-refractivity contribution >= 4 is 11.8 Å². The van der Waals surface area contributed by atoms with Gasteiger partial charge in [-0.3, -0.25) is 9.59 Å². The van der Waals surface area contributed by atoms with Crippen LogP contribution < -0.4 is 0 Å². The van der Waals surface area contributed by atoms with Crippen LogP contribution in [-0.4, -0.2) is 29.6 Å². The molecule has 0 heterocycles. The summed E-state index contributed by atoms with van der Waals surface area (Å²) in [5, 5.41) is 9.30. The number of hydrogen-bond acceptors (Lipinski definition) is 4. The van der Waals surface area contributed by atoms with Gasteiger partial charge in [0.15, 0.2) is 0 Å². The van der Waals surface area contributed by atoms with Gasteiger partial charge in [0.25, 0.3) is 0 Å². The number of ketones is 1. The van der Waals surface area contributed by atoms with E-state index in [4.69, 9.17) is 4.74 Å². The summed E-state index contributed by atoms with van der Waals surface area (Å²) in [6.07, 6.45) is 2.33. The molecule has 0 aromatic carbocycles. The fourth-order valence-electron chi connectivity index (χ4n) is 2.83. The Bertz CT molecular complexity index is 299. The monoisotopic (exact) mass is 226 g/mol. The molecule has 1 N–H and O–H groups in total. The molecule has 2 bridgehead atoms. The van der Waals surface area contributed by atoms with Crippen LogP contribution in [0.4, 0.5) is 0 Å². The third-order valence-electron chi connectivity index (χ3n) is 3.83. The lowest BCUT2D eigenvalue weighted by Gasteiger charge is -2.15. The molecule has 0 aromatic heterocycles. The van der Waals surface area contributed by atoms with Crippen molar-refractivity contribution in [3.05, 3.63) is 0 Å². The van der Waals surface area contributed by atoms with Crippen molar-refractivity contribution in [2.45, 2.75) is 38.7 Å². The van der Waals surface area contributed by atoms with Gasteiger partial charge in [-0.1, -0.05) is 6.92 Å². The Balaban J connectivity index is 1.89. The summed E-state index contributed by atoms with van der Waals surface area (Å²) < 4.78 is 5.07. The molecule has 0 aromatic rings. The second kappa shape index (κ2) is 4.53. The normalized spacial score (nSPS) is 34.1. The van der Waals surface area contributed by atoms with Gasteiger partial charge in [-0.05, 0) is 25.2 Å². The highest BCUT2D eigenvalue weighted by Gasteiger charge is 2.51. The Hall–Kier alpha value is -0.900. The van der Waals surface area contributed by atoms with Crippen LogP contribution >= 0.6 is 0 Å². The van der Waals surface area contributed by atoms with Crippen LogP contribution in [0, 0.1) is 17.8 Å². The summed E-state index contributed by atoms with van der Waals surface area (Å²) in [5.41, 5.74) is 0. The molecule has 2 aliphatic rings. The predicted octanol–water partition coefficient (Wildman–Crippen LogP) is 0.916. The van der Waals surface area contributed by atoms with E-state index in [1.165, 1.54) is 0 Å². The van der Waals surface area contributed by atoms with Crippen molar-refractivity contribution < 1.29 is 19.4 Å². The number of esters is 1. The number of carbonyl (C=O) groups is 2. The first kappa shape index (κ1) is 11.6. The van der Waals surface area contributed by atoms with Gasteiger partial charge >= 0.3 is 5.97 Å². The molecule has 2 aliphatic carbocycles. The van der Waals surface area contributed by atoms with E-state index >= 15 is 0 Å². The van der Waals surface area contributed by atoms with Crippen molar-refractivity contribution in [1.82, 2.24) is 0 Å². The SMILES string of the molecule is CCC(O)COC(=O)C1C2CCC1C(=O)C2. The molecule has 0 radical (unpaired) electrons. The highest BCUT2D eigenvalue weighted by Crippen LogP contribution is 2.47. The molecule has 0 aliphatic heterocycles. The second-order valence-electron chi connectivity index (χ2n) is 4.83. The van der Waals surface area contributed by atoms with Crippen molar-refractivity contribution in [2.75, 3.05) is 6.61 Å². The quantitative estimate of drug-likeness (QED) is 0.724. The molecule has 0 amide bonds. The van der Waals surface area contributed by atoms with Gasteiger partial charge in [0.1, 0.15) is 12.4 Å². The van der Waals surface area contributed by atoms with E-state index in [2.05, 4.69) is 0 Å². The van der Waals surface area contributed by atoms with Gasteiger partial charge in [-0.25, -0.2) is 0 Å². The number of aliphatic hydroxyl groups is 1. The van der Waals surface area contributed by atoms with Gasteiger partial charge in [0.05, 0.1) is 12.0 Å². The van der Waals surface area contributed by atoms with E-state index < -0.39 is 6.10 Å². The molecule has 16 heavy (non-hydrogen) atoms. The third kappa shape index (κ3) is 1.98. The number of Topliss-reactive ketones (excluding diaryl/α,β-unsaturated/α-hetero) is 1. The molecule has 4 atom stereocenters. The van der Waals surface area contributed by atoms with Gasteiger partial charge < -0.3 is 9.84 Å². The van der Waals surface area contributed by atoms with E-state index in [0.29, 0.717) is 12.8 Å². The second-order valence-corrected chi connectivity index (χ2v) is 4.83. The number of fused-ring (bicyclic) bond motifs is 2. The fourth-order valence-corrected chi connectivity index (χ4v) is 2.83. The van der Waals surface area contributed by atoms with E-state index in [9.17, 15) is 14.7 Å². The third-order valence-corrected chi connectivity index (χ3v) is 3.83. The molecule has 4 heteroatoms. The van der Waals surface area contributed by atoms with Crippen molar-refractivity contribution in [3.8, 4) is 0 Å². The number of rotatable bonds is 4. The summed E-state index contributed by atoms with van der Waals surface area (Å²) in [4.78, 5) is 23.3. The van der Waals surface area contributed by atoms with E-state index in [0.717, 1.165) is 12.8 Å². The van der Waals surface area contributed by atoms with Crippen molar-refractivity contribution in [1.29, 1.82) is 0 Å². The van der Waals surface area contributed by atoms with Crippen LogP contribution in [0.1, 0.15) is 32.6 Å². The molecule has 4 unspecified atom stereocenters. The summed E-state index contributed by atoms with van der Waals surface area (Å²) in [6, 6.07) is 0.